The van der Waals surface area contributed by atoms with Gasteiger partial charge in [-0.15, -0.1) is 0 Å². The molecule has 0 aromatic carbocycles. The van der Waals surface area contributed by atoms with Gasteiger partial charge in [-0.05, 0) is 19.1 Å². The number of nitrogens with zero attached hydrogens (tertiary/aromatic N) is 1. The second-order valence-electron chi connectivity index (χ2n) is 3.82. The molecule has 1 aromatic heterocycles. The summed E-state index contributed by atoms with van der Waals surface area (Å²) in [7, 11) is 1.54. The van der Waals surface area contributed by atoms with Gasteiger partial charge in [-0.2, -0.15) is 0 Å². The lowest BCUT2D eigenvalue weighted by molar-refractivity contribution is -0.122. The van der Waals surface area contributed by atoms with Crippen molar-refractivity contribution in [2.24, 2.45) is 0 Å². The van der Waals surface area contributed by atoms with Gasteiger partial charge >= 0.3 is 0 Å². The summed E-state index contributed by atoms with van der Waals surface area (Å²) in [6.45, 7) is 2.40. The van der Waals surface area contributed by atoms with E-state index in [1.807, 2.05) is 0 Å². The van der Waals surface area contributed by atoms with Crippen molar-refractivity contribution in [1.29, 1.82) is 0 Å². The van der Waals surface area contributed by atoms with E-state index in [1.165, 1.54) is 6.07 Å². The summed E-state index contributed by atoms with van der Waals surface area (Å²) in [5, 5.41) is 5.39. The van der Waals surface area contributed by atoms with Crippen LogP contribution in [-0.2, 0) is 9.53 Å². The number of nitrogens with one attached hydrogen (secondary N) is 2. The Balaban J connectivity index is 2.49. The Kier molecular flexibility index (Phi) is 6.24. The van der Waals surface area contributed by atoms with Crippen molar-refractivity contribution in [2.75, 3.05) is 20.3 Å². The predicted molar refractivity (Wildman–Crippen MR) is 71.1 cm³/mol. The van der Waals surface area contributed by atoms with Crippen LogP contribution in [0.5, 0.6) is 0 Å². The molecule has 0 aliphatic carbocycles. The van der Waals surface area contributed by atoms with Crippen molar-refractivity contribution < 1.29 is 14.3 Å². The molecule has 19 heavy (non-hydrogen) atoms. The first-order valence-corrected chi connectivity index (χ1v) is 6.12. The monoisotopic (exact) mass is 285 g/mol. The third kappa shape index (κ3) is 5.23. The molecule has 0 saturated heterocycles. The summed E-state index contributed by atoms with van der Waals surface area (Å²) >= 11 is 5.69. The quantitative estimate of drug-likeness (QED) is 0.593. The number of pyridine rings is 1. The number of rotatable bonds is 6. The van der Waals surface area contributed by atoms with Crippen molar-refractivity contribution in [1.82, 2.24) is 15.6 Å². The molecule has 1 rings (SSSR count). The third-order valence-corrected chi connectivity index (χ3v) is 2.50. The van der Waals surface area contributed by atoms with Crippen LogP contribution < -0.4 is 10.6 Å². The van der Waals surface area contributed by atoms with E-state index < -0.39 is 11.9 Å². The van der Waals surface area contributed by atoms with E-state index >= 15 is 0 Å². The molecule has 1 unspecified atom stereocenters. The van der Waals surface area contributed by atoms with Gasteiger partial charge in [0.05, 0.1) is 6.61 Å². The molecule has 2 amide bonds. The van der Waals surface area contributed by atoms with Crippen LogP contribution in [0.15, 0.2) is 18.2 Å². The van der Waals surface area contributed by atoms with E-state index in [-0.39, 0.29) is 16.8 Å². The van der Waals surface area contributed by atoms with E-state index in [4.69, 9.17) is 16.3 Å². The zero-order chi connectivity index (χ0) is 14.3. The second-order valence-corrected chi connectivity index (χ2v) is 4.21. The number of ether oxygens (including phenoxy) is 1. The van der Waals surface area contributed by atoms with Crippen LogP contribution in [0.3, 0.4) is 0 Å². The number of carbonyl (C=O) groups is 2. The molecule has 0 radical (unpaired) electrons. The van der Waals surface area contributed by atoms with Crippen LogP contribution in [0.1, 0.15) is 17.4 Å². The number of aromatic nitrogens is 1. The zero-order valence-corrected chi connectivity index (χ0v) is 11.5. The lowest BCUT2D eigenvalue weighted by Gasteiger charge is -2.13. The van der Waals surface area contributed by atoms with Gasteiger partial charge in [0.15, 0.2) is 0 Å². The van der Waals surface area contributed by atoms with Crippen molar-refractivity contribution in [3.8, 4) is 0 Å². The highest BCUT2D eigenvalue weighted by molar-refractivity contribution is 6.29. The van der Waals surface area contributed by atoms with Crippen molar-refractivity contribution in [3.63, 3.8) is 0 Å². The molecule has 0 bridgehead atoms. The summed E-state index contributed by atoms with van der Waals surface area (Å²) in [6, 6.07) is 4.05. The van der Waals surface area contributed by atoms with Crippen LogP contribution in [0.4, 0.5) is 0 Å². The minimum Gasteiger partial charge on any atom is -0.383 e. The Morgan fingerprint density at radius 2 is 2.21 bits per heavy atom. The first-order valence-electron chi connectivity index (χ1n) is 5.74. The van der Waals surface area contributed by atoms with Crippen LogP contribution in [-0.4, -0.2) is 43.1 Å². The summed E-state index contributed by atoms with van der Waals surface area (Å²) in [5.74, 6) is -0.732. The van der Waals surface area contributed by atoms with Crippen molar-refractivity contribution >= 4 is 23.4 Å². The molecule has 0 spiro atoms. The molecule has 1 aromatic rings. The molecule has 0 aliphatic heterocycles. The molecule has 104 valence electrons. The standard InChI is InChI=1S/C12H16ClN3O3/c1-8(11(17)14-6-7-19-2)15-12(18)9-4-3-5-10(13)16-9/h3-5,8H,6-7H2,1-2H3,(H,14,17)(H,15,18). The minimum absolute atomic E-state index is 0.170. The number of carbonyl (C=O) groups excluding carboxylic acids is 2. The molecular formula is C12H16ClN3O3. The van der Waals surface area contributed by atoms with E-state index in [2.05, 4.69) is 15.6 Å². The highest BCUT2D eigenvalue weighted by Crippen LogP contribution is 2.05. The first-order chi connectivity index (χ1) is 9.04. The lowest BCUT2D eigenvalue weighted by atomic mass is 10.2. The average Bonchev–Trinajstić information content (AvgIpc) is 2.38. The maximum absolute atomic E-state index is 11.8. The van der Waals surface area contributed by atoms with E-state index in [9.17, 15) is 9.59 Å². The van der Waals surface area contributed by atoms with Gasteiger partial charge in [0, 0.05) is 13.7 Å². The molecule has 7 heteroatoms. The topological polar surface area (TPSA) is 80.3 Å². The first kappa shape index (κ1) is 15.4. The Morgan fingerprint density at radius 1 is 1.47 bits per heavy atom. The molecule has 2 N–H and O–H groups in total. The smallest absolute Gasteiger partial charge is 0.270 e. The highest BCUT2D eigenvalue weighted by Gasteiger charge is 2.16. The summed E-state index contributed by atoms with van der Waals surface area (Å²) < 4.78 is 4.81. The fourth-order valence-corrected chi connectivity index (χ4v) is 1.46. The normalized spacial score (nSPS) is 11.7. The Hall–Kier alpha value is -1.66. The number of halogens is 1. The maximum Gasteiger partial charge on any atom is 0.270 e. The van der Waals surface area contributed by atoms with Gasteiger partial charge < -0.3 is 15.4 Å². The average molecular weight is 286 g/mol. The van der Waals surface area contributed by atoms with Gasteiger partial charge in [-0.3, -0.25) is 9.59 Å². The molecule has 0 saturated carbocycles. The number of methoxy groups -OCH3 is 1. The second kappa shape index (κ2) is 7.70. The van der Waals surface area contributed by atoms with Crippen LogP contribution in [0, 0.1) is 0 Å². The number of amides is 2. The van der Waals surface area contributed by atoms with Gasteiger partial charge in [0.25, 0.3) is 5.91 Å². The van der Waals surface area contributed by atoms with Gasteiger partial charge in [-0.1, -0.05) is 17.7 Å². The SMILES string of the molecule is COCCNC(=O)C(C)NC(=O)c1cccc(Cl)n1. The van der Waals surface area contributed by atoms with E-state index in [1.54, 1.807) is 26.2 Å². The van der Waals surface area contributed by atoms with Crippen LogP contribution >= 0.6 is 11.6 Å². The van der Waals surface area contributed by atoms with Gasteiger partial charge in [-0.25, -0.2) is 4.98 Å². The van der Waals surface area contributed by atoms with E-state index in [0.717, 1.165) is 0 Å². The third-order valence-electron chi connectivity index (χ3n) is 2.29. The lowest BCUT2D eigenvalue weighted by Crippen LogP contribution is -2.45. The number of hydrogen-bond acceptors (Lipinski definition) is 4. The molecule has 6 nitrogen and oxygen atoms in total. The van der Waals surface area contributed by atoms with Crippen LogP contribution in [0.2, 0.25) is 5.15 Å². The largest absolute Gasteiger partial charge is 0.383 e. The minimum atomic E-state index is -0.662. The summed E-state index contributed by atoms with van der Waals surface area (Å²) in [6.07, 6.45) is 0. The fourth-order valence-electron chi connectivity index (χ4n) is 1.30. The van der Waals surface area contributed by atoms with Gasteiger partial charge in [0.2, 0.25) is 5.91 Å². The molecular weight excluding hydrogens is 270 g/mol. The number of hydrogen-bond donors (Lipinski definition) is 2. The molecule has 0 fully saturated rings. The van der Waals surface area contributed by atoms with Gasteiger partial charge in [0.1, 0.15) is 16.9 Å². The zero-order valence-electron chi connectivity index (χ0n) is 10.8. The summed E-state index contributed by atoms with van der Waals surface area (Å²) in [5.41, 5.74) is 0.170. The van der Waals surface area contributed by atoms with Crippen molar-refractivity contribution in [3.05, 3.63) is 29.0 Å². The highest BCUT2D eigenvalue weighted by atomic mass is 35.5. The maximum atomic E-state index is 11.8. The van der Waals surface area contributed by atoms with E-state index in [0.29, 0.717) is 13.2 Å². The molecule has 1 atom stereocenters. The fraction of sp³-hybridized carbons (Fsp3) is 0.417. The van der Waals surface area contributed by atoms with Crippen LogP contribution in [0.25, 0.3) is 0 Å². The Morgan fingerprint density at radius 3 is 2.84 bits per heavy atom. The molecule has 0 aliphatic rings. The Bertz CT molecular complexity index is 454. The Labute approximate surface area is 116 Å². The van der Waals surface area contributed by atoms with Crippen molar-refractivity contribution in [2.45, 2.75) is 13.0 Å². The summed E-state index contributed by atoms with van der Waals surface area (Å²) in [4.78, 5) is 27.3. The predicted octanol–water partition coefficient (Wildman–Crippen LogP) is 0.616. The molecule has 1 heterocycles.